The monoisotopic (exact) mass is 248 g/mol. The Bertz CT molecular complexity index is 426. The smallest absolute Gasteiger partial charge is 0.224 e. The van der Waals surface area contributed by atoms with E-state index in [0.717, 1.165) is 42.8 Å². The average molecular weight is 248 g/mol. The SMILES string of the molecule is Cc1cc(NC(=O)CCC2CCCO2)ccc1N. The van der Waals surface area contributed by atoms with Gasteiger partial charge in [0.05, 0.1) is 6.10 Å². The second kappa shape index (κ2) is 5.87. The van der Waals surface area contributed by atoms with E-state index in [1.165, 1.54) is 0 Å². The van der Waals surface area contributed by atoms with Gasteiger partial charge in [-0.15, -0.1) is 0 Å². The van der Waals surface area contributed by atoms with Gasteiger partial charge in [-0.1, -0.05) is 0 Å². The van der Waals surface area contributed by atoms with Crippen LogP contribution in [0.4, 0.5) is 11.4 Å². The molecule has 1 unspecified atom stereocenters. The van der Waals surface area contributed by atoms with Gasteiger partial charge in [0.1, 0.15) is 0 Å². The van der Waals surface area contributed by atoms with Crippen molar-refractivity contribution in [3.8, 4) is 0 Å². The first kappa shape index (κ1) is 12.9. The van der Waals surface area contributed by atoms with Crippen LogP contribution in [0.25, 0.3) is 0 Å². The van der Waals surface area contributed by atoms with Gasteiger partial charge in [-0.3, -0.25) is 4.79 Å². The van der Waals surface area contributed by atoms with E-state index in [1.807, 2.05) is 25.1 Å². The maximum absolute atomic E-state index is 11.8. The topological polar surface area (TPSA) is 64.3 Å². The Morgan fingerprint density at radius 1 is 1.56 bits per heavy atom. The fourth-order valence-corrected chi connectivity index (χ4v) is 2.14. The van der Waals surface area contributed by atoms with Crippen LogP contribution in [0.1, 0.15) is 31.2 Å². The van der Waals surface area contributed by atoms with Crippen molar-refractivity contribution in [3.63, 3.8) is 0 Å². The molecule has 0 saturated carbocycles. The Balaban J connectivity index is 1.80. The molecule has 1 saturated heterocycles. The molecule has 2 rings (SSSR count). The maximum Gasteiger partial charge on any atom is 0.224 e. The van der Waals surface area contributed by atoms with E-state index in [1.54, 1.807) is 0 Å². The summed E-state index contributed by atoms with van der Waals surface area (Å²) in [7, 11) is 0. The molecule has 4 nitrogen and oxygen atoms in total. The van der Waals surface area contributed by atoms with E-state index in [0.29, 0.717) is 6.42 Å². The minimum absolute atomic E-state index is 0.0367. The van der Waals surface area contributed by atoms with Crippen molar-refractivity contribution in [1.82, 2.24) is 0 Å². The van der Waals surface area contributed by atoms with Crippen molar-refractivity contribution in [2.24, 2.45) is 0 Å². The molecule has 1 amide bonds. The number of benzene rings is 1. The first-order valence-corrected chi connectivity index (χ1v) is 6.43. The van der Waals surface area contributed by atoms with Crippen LogP contribution in [0.3, 0.4) is 0 Å². The molecular weight excluding hydrogens is 228 g/mol. The summed E-state index contributed by atoms with van der Waals surface area (Å²) in [5.41, 5.74) is 8.26. The van der Waals surface area contributed by atoms with Crippen molar-refractivity contribution in [1.29, 1.82) is 0 Å². The van der Waals surface area contributed by atoms with Gasteiger partial charge < -0.3 is 15.8 Å². The summed E-state index contributed by atoms with van der Waals surface area (Å²) < 4.78 is 5.49. The number of hydrogen-bond donors (Lipinski definition) is 2. The predicted octanol–water partition coefficient (Wildman–Crippen LogP) is 2.47. The van der Waals surface area contributed by atoms with Crippen molar-refractivity contribution in [2.75, 3.05) is 17.7 Å². The Morgan fingerprint density at radius 3 is 3.06 bits per heavy atom. The Morgan fingerprint density at radius 2 is 2.39 bits per heavy atom. The van der Waals surface area contributed by atoms with Gasteiger partial charge in [0.2, 0.25) is 5.91 Å². The van der Waals surface area contributed by atoms with Crippen molar-refractivity contribution >= 4 is 17.3 Å². The number of hydrogen-bond acceptors (Lipinski definition) is 3. The number of nitrogens with two attached hydrogens (primary N) is 1. The highest BCUT2D eigenvalue weighted by Gasteiger charge is 2.16. The number of carbonyl (C=O) groups excluding carboxylic acids is 1. The number of nitrogen functional groups attached to an aromatic ring is 1. The molecule has 4 heteroatoms. The number of aryl methyl sites for hydroxylation is 1. The van der Waals surface area contributed by atoms with Crippen LogP contribution in [0.2, 0.25) is 0 Å². The molecule has 1 aliphatic heterocycles. The van der Waals surface area contributed by atoms with Crippen LogP contribution >= 0.6 is 0 Å². The van der Waals surface area contributed by atoms with Crippen LogP contribution in [0, 0.1) is 6.92 Å². The predicted molar refractivity (Wildman–Crippen MR) is 72.4 cm³/mol. The third-order valence-corrected chi connectivity index (χ3v) is 3.27. The number of carbonyl (C=O) groups is 1. The van der Waals surface area contributed by atoms with Crippen LogP contribution in [-0.2, 0) is 9.53 Å². The lowest BCUT2D eigenvalue weighted by atomic mass is 10.1. The van der Waals surface area contributed by atoms with Gasteiger partial charge in [-0.2, -0.15) is 0 Å². The quantitative estimate of drug-likeness (QED) is 0.804. The summed E-state index contributed by atoms with van der Waals surface area (Å²) in [6, 6.07) is 5.52. The van der Waals surface area contributed by atoms with Gasteiger partial charge in [0.25, 0.3) is 0 Å². The highest BCUT2D eigenvalue weighted by Crippen LogP contribution is 2.19. The number of amides is 1. The van der Waals surface area contributed by atoms with Crippen LogP contribution in [0.5, 0.6) is 0 Å². The molecule has 18 heavy (non-hydrogen) atoms. The molecule has 1 aromatic rings. The van der Waals surface area contributed by atoms with Gasteiger partial charge in [0.15, 0.2) is 0 Å². The Hall–Kier alpha value is -1.55. The largest absolute Gasteiger partial charge is 0.399 e. The van der Waals surface area contributed by atoms with Crippen LogP contribution in [-0.4, -0.2) is 18.6 Å². The second-order valence-corrected chi connectivity index (χ2v) is 4.79. The fourth-order valence-electron chi connectivity index (χ4n) is 2.14. The summed E-state index contributed by atoms with van der Waals surface area (Å²) in [5.74, 6) is 0.0367. The molecule has 1 aromatic carbocycles. The minimum Gasteiger partial charge on any atom is -0.399 e. The van der Waals surface area contributed by atoms with E-state index >= 15 is 0 Å². The van der Waals surface area contributed by atoms with Crippen molar-refractivity contribution in [3.05, 3.63) is 23.8 Å². The van der Waals surface area contributed by atoms with Crippen molar-refractivity contribution in [2.45, 2.75) is 38.7 Å². The molecule has 1 heterocycles. The lowest BCUT2D eigenvalue weighted by molar-refractivity contribution is -0.116. The highest BCUT2D eigenvalue weighted by atomic mass is 16.5. The lowest BCUT2D eigenvalue weighted by Gasteiger charge is -2.10. The van der Waals surface area contributed by atoms with Crippen molar-refractivity contribution < 1.29 is 9.53 Å². The zero-order valence-corrected chi connectivity index (χ0v) is 10.7. The molecule has 0 radical (unpaired) electrons. The Kier molecular flexibility index (Phi) is 4.20. The summed E-state index contributed by atoms with van der Waals surface area (Å²) in [5, 5.41) is 2.88. The summed E-state index contributed by atoms with van der Waals surface area (Å²) >= 11 is 0. The molecule has 1 aliphatic rings. The van der Waals surface area contributed by atoms with Gasteiger partial charge in [0, 0.05) is 24.4 Å². The average Bonchev–Trinajstić information content (AvgIpc) is 2.84. The first-order valence-electron chi connectivity index (χ1n) is 6.43. The lowest BCUT2D eigenvalue weighted by Crippen LogP contribution is -2.15. The molecule has 0 aromatic heterocycles. The summed E-state index contributed by atoms with van der Waals surface area (Å²) in [4.78, 5) is 11.8. The van der Waals surface area contributed by atoms with Gasteiger partial charge in [-0.25, -0.2) is 0 Å². The maximum atomic E-state index is 11.8. The first-order chi connectivity index (χ1) is 8.65. The molecule has 1 atom stereocenters. The van der Waals surface area contributed by atoms with E-state index in [9.17, 15) is 4.79 Å². The third kappa shape index (κ3) is 3.47. The molecule has 98 valence electrons. The zero-order valence-electron chi connectivity index (χ0n) is 10.7. The van der Waals surface area contributed by atoms with E-state index < -0.39 is 0 Å². The molecule has 0 aliphatic carbocycles. The normalized spacial score (nSPS) is 18.8. The molecule has 0 bridgehead atoms. The van der Waals surface area contributed by atoms with E-state index in [2.05, 4.69) is 5.32 Å². The van der Waals surface area contributed by atoms with Crippen LogP contribution < -0.4 is 11.1 Å². The van der Waals surface area contributed by atoms with E-state index in [-0.39, 0.29) is 12.0 Å². The fraction of sp³-hybridized carbons (Fsp3) is 0.500. The number of nitrogens with one attached hydrogen (secondary N) is 1. The summed E-state index contributed by atoms with van der Waals surface area (Å²) in [6.45, 7) is 2.76. The minimum atomic E-state index is 0.0367. The number of rotatable bonds is 4. The highest BCUT2D eigenvalue weighted by molar-refractivity contribution is 5.91. The Labute approximate surface area is 108 Å². The third-order valence-electron chi connectivity index (χ3n) is 3.27. The van der Waals surface area contributed by atoms with Gasteiger partial charge >= 0.3 is 0 Å². The van der Waals surface area contributed by atoms with Crippen LogP contribution in [0.15, 0.2) is 18.2 Å². The molecule has 0 spiro atoms. The number of anilines is 2. The van der Waals surface area contributed by atoms with Gasteiger partial charge in [-0.05, 0) is 49.9 Å². The summed E-state index contributed by atoms with van der Waals surface area (Å²) in [6.07, 6.45) is 3.77. The molecule has 1 fully saturated rings. The standard InChI is InChI=1S/C14H20N2O2/c1-10-9-11(4-6-13(10)15)16-14(17)7-5-12-3-2-8-18-12/h4,6,9,12H,2-3,5,7-8,15H2,1H3,(H,16,17). The molecule has 3 N–H and O–H groups in total. The second-order valence-electron chi connectivity index (χ2n) is 4.79. The zero-order chi connectivity index (χ0) is 13.0. The number of ether oxygens (including phenoxy) is 1. The molecular formula is C14H20N2O2. The van der Waals surface area contributed by atoms with E-state index in [4.69, 9.17) is 10.5 Å².